The van der Waals surface area contributed by atoms with E-state index in [4.69, 9.17) is 4.74 Å². The normalized spacial score (nSPS) is 16.4. The fraction of sp³-hybridized carbons (Fsp3) is 0.400. The standard InChI is InChI=1S/C20H23FN4O3S/c1-12-17(22-6-3-19(12)28-2)11-29(27)20-23-15-9-14(21)18(10-16(15)24-20)25-7-4-13(26)5-8-25/h3,6,9-10,13,26H,4-5,7-8,11H2,1-2H3,(H,23,24). The Bertz CT molecular complexity index is 1020. The van der Waals surface area contributed by atoms with E-state index in [-0.39, 0.29) is 22.8 Å². The van der Waals surface area contributed by atoms with Crippen LogP contribution in [0.4, 0.5) is 10.1 Å². The predicted molar refractivity (Wildman–Crippen MR) is 109 cm³/mol. The minimum atomic E-state index is -1.46. The molecule has 29 heavy (non-hydrogen) atoms. The summed E-state index contributed by atoms with van der Waals surface area (Å²) >= 11 is -1.46. The van der Waals surface area contributed by atoms with Crippen LogP contribution < -0.4 is 9.64 Å². The number of imidazole rings is 1. The smallest absolute Gasteiger partial charge is 0.322 e. The lowest BCUT2D eigenvalue weighted by atomic mass is 10.1. The number of aromatic nitrogens is 3. The van der Waals surface area contributed by atoms with Gasteiger partial charge in [0.25, 0.3) is 0 Å². The molecule has 3 aromatic rings. The molecule has 154 valence electrons. The zero-order chi connectivity index (χ0) is 20.5. The number of nitrogens with zero attached hydrogens (tertiary/aromatic N) is 3. The number of rotatable bonds is 5. The second-order valence-corrected chi connectivity index (χ2v) is 8.52. The fourth-order valence-corrected chi connectivity index (χ4v) is 4.67. The average Bonchev–Trinajstić information content (AvgIpc) is 3.12. The number of halogens is 1. The monoisotopic (exact) mass is 418 g/mol. The fourth-order valence-electron chi connectivity index (χ4n) is 3.57. The number of aliphatic hydroxyl groups excluding tert-OH is 1. The summed E-state index contributed by atoms with van der Waals surface area (Å²) in [5.74, 6) is 0.512. The highest BCUT2D eigenvalue weighted by Gasteiger charge is 2.24. The molecule has 4 rings (SSSR count). The first-order valence-corrected chi connectivity index (χ1v) is 10.8. The van der Waals surface area contributed by atoms with Gasteiger partial charge in [0.1, 0.15) is 11.6 Å². The van der Waals surface area contributed by atoms with Crippen molar-refractivity contribution in [1.29, 1.82) is 0 Å². The summed E-state index contributed by atoms with van der Waals surface area (Å²) < 4.78 is 32.8. The molecule has 2 aromatic heterocycles. The number of piperidine rings is 1. The van der Waals surface area contributed by atoms with Crippen molar-refractivity contribution >= 4 is 27.9 Å². The molecule has 9 heteroatoms. The second kappa shape index (κ2) is 8.17. The number of hydrogen-bond donors (Lipinski definition) is 2. The molecular formula is C20H23FN4O3S. The molecule has 1 aliphatic heterocycles. The number of methoxy groups -OCH3 is 1. The number of fused-ring (bicyclic) bond motifs is 1. The van der Waals surface area contributed by atoms with Gasteiger partial charge in [-0.3, -0.25) is 9.97 Å². The molecule has 1 aliphatic rings. The number of aliphatic hydroxyl groups is 1. The molecule has 1 fully saturated rings. The SMILES string of the molecule is COc1ccnc(C[S+]([O-])c2nc3cc(N4CCC(O)CC4)c(F)cc3[nH]2)c1C. The number of hydrogen-bond acceptors (Lipinski definition) is 6. The topological polar surface area (TPSA) is 97.3 Å². The molecule has 1 unspecified atom stereocenters. The first kappa shape index (κ1) is 19.9. The molecule has 1 aromatic carbocycles. The number of ether oxygens (including phenoxy) is 1. The minimum Gasteiger partial charge on any atom is -0.609 e. The summed E-state index contributed by atoms with van der Waals surface area (Å²) in [4.78, 5) is 13.6. The van der Waals surface area contributed by atoms with Gasteiger partial charge < -0.3 is 19.3 Å². The summed E-state index contributed by atoms with van der Waals surface area (Å²) in [6.07, 6.45) is 2.51. The van der Waals surface area contributed by atoms with Crippen molar-refractivity contribution in [3.8, 4) is 5.75 Å². The Morgan fingerprint density at radius 3 is 2.86 bits per heavy atom. The van der Waals surface area contributed by atoms with Gasteiger partial charge in [-0.2, -0.15) is 4.98 Å². The number of aromatic amines is 1. The average molecular weight is 418 g/mol. The predicted octanol–water partition coefficient (Wildman–Crippen LogP) is 2.68. The lowest BCUT2D eigenvalue weighted by Crippen LogP contribution is -2.36. The maximum Gasteiger partial charge on any atom is 0.322 e. The van der Waals surface area contributed by atoms with Crippen LogP contribution in [-0.2, 0) is 16.9 Å². The third-order valence-corrected chi connectivity index (χ3v) is 6.46. The largest absolute Gasteiger partial charge is 0.609 e. The van der Waals surface area contributed by atoms with E-state index < -0.39 is 11.2 Å². The quantitative estimate of drug-likeness (QED) is 0.619. The highest BCUT2D eigenvalue weighted by atomic mass is 32.2. The lowest BCUT2D eigenvalue weighted by molar-refractivity contribution is 0.145. The molecule has 3 heterocycles. The second-order valence-electron chi connectivity index (χ2n) is 7.16. The van der Waals surface area contributed by atoms with E-state index in [9.17, 15) is 14.0 Å². The Labute approximate surface area is 171 Å². The summed E-state index contributed by atoms with van der Waals surface area (Å²) in [6, 6.07) is 4.82. The van der Waals surface area contributed by atoms with Gasteiger partial charge in [0.05, 0.1) is 35.6 Å². The van der Waals surface area contributed by atoms with Crippen LogP contribution >= 0.6 is 0 Å². The van der Waals surface area contributed by atoms with Crippen LogP contribution in [0.5, 0.6) is 5.75 Å². The van der Waals surface area contributed by atoms with Gasteiger partial charge in [-0.15, -0.1) is 0 Å². The molecule has 0 radical (unpaired) electrons. The van der Waals surface area contributed by atoms with E-state index in [1.807, 2.05) is 11.8 Å². The van der Waals surface area contributed by atoms with Gasteiger partial charge in [-0.25, -0.2) is 4.39 Å². The Morgan fingerprint density at radius 2 is 2.14 bits per heavy atom. The molecule has 0 amide bonds. The van der Waals surface area contributed by atoms with Gasteiger partial charge in [0, 0.05) is 42.1 Å². The number of benzene rings is 1. The van der Waals surface area contributed by atoms with Crippen LogP contribution in [0, 0.1) is 12.7 Å². The van der Waals surface area contributed by atoms with E-state index in [1.54, 1.807) is 25.4 Å². The zero-order valence-electron chi connectivity index (χ0n) is 16.3. The summed E-state index contributed by atoms with van der Waals surface area (Å²) in [5, 5.41) is 9.96. The third-order valence-electron chi connectivity index (χ3n) is 5.30. The van der Waals surface area contributed by atoms with Crippen LogP contribution in [0.1, 0.15) is 24.1 Å². The van der Waals surface area contributed by atoms with Crippen LogP contribution in [0.2, 0.25) is 0 Å². The van der Waals surface area contributed by atoms with Crippen LogP contribution in [0.3, 0.4) is 0 Å². The molecule has 0 aliphatic carbocycles. The minimum absolute atomic E-state index is 0.183. The van der Waals surface area contributed by atoms with Crippen molar-refractivity contribution in [3.05, 3.63) is 41.5 Å². The molecule has 0 spiro atoms. The van der Waals surface area contributed by atoms with Crippen molar-refractivity contribution in [1.82, 2.24) is 15.0 Å². The molecule has 0 saturated carbocycles. The number of pyridine rings is 1. The van der Waals surface area contributed by atoms with Crippen molar-refractivity contribution < 1.29 is 18.8 Å². The number of anilines is 1. The van der Waals surface area contributed by atoms with Crippen LogP contribution in [-0.4, -0.2) is 50.9 Å². The summed E-state index contributed by atoms with van der Waals surface area (Å²) in [5.41, 5.74) is 3.02. The highest BCUT2D eigenvalue weighted by Crippen LogP contribution is 2.29. The molecule has 1 atom stereocenters. The van der Waals surface area contributed by atoms with E-state index in [1.165, 1.54) is 6.07 Å². The van der Waals surface area contributed by atoms with E-state index in [2.05, 4.69) is 15.0 Å². The van der Waals surface area contributed by atoms with Crippen LogP contribution in [0.15, 0.2) is 29.6 Å². The summed E-state index contributed by atoms with van der Waals surface area (Å²) in [7, 11) is 1.58. The number of nitrogens with one attached hydrogen (secondary N) is 1. The number of H-pyrrole nitrogens is 1. The van der Waals surface area contributed by atoms with E-state index in [0.29, 0.717) is 54.1 Å². The van der Waals surface area contributed by atoms with Crippen molar-refractivity contribution in [2.45, 2.75) is 36.8 Å². The van der Waals surface area contributed by atoms with Crippen molar-refractivity contribution in [2.24, 2.45) is 0 Å². The van der Waals surface area contributed by atoms with Gasteiger partial charge in [0.2, 0.25) is 0 Å². The molecule has 2 N–H and O–H groups in total. The van der Waals surface area contributed by atoms with Gasteiger partial charge in [-0.05, 0) is 31.9 Å². The maximum atomic E-state index is 14.6. The summed E-state index contributed by atoms with van der Waals surface area (Å²) in [6.45, 7) is 3.05. The van der Waals surface area contributed by atoms with Crippen LogP contribution in [0.25, 0.3) is 11.0 Å². The van der Waals surface area contributed by atoms with Gasteiger partial charge in [-0.1, -0.05) is 0 Å². The maximum absolute atomic E-state index is 14.6. The van der Waals surface area contributed by atoms with E-state index >= 15 is 0 Å². The Balaban J connectivity index is 1.58. The Morgan fingerprint density at radius 1 is 1.38 bits per heavy atom. The van der Waals surface area contributed by atoms with Gasteiger partial charge >= 0.3 is 5.16 Å². The molecule has 7 nitrogen and oxygen atoms in total. The van der Waals surface area contributed by atoms with Gasteiger partial charge in [0.15, 0.2) is 5.75 Å². The Kier molecular flexibility index (Phi) is 5.62. The molecule has 0 bridgehead atoms. The Hall–Kier alpha value is -2.36. The first-order valence-electron chi connectivity index (χ1n) is 9.45. The molecule has 1 saturated heterocycles. The third kappa shape index (κ3) is 4.03. The zero-order valence-corrected chi connectivity index (χ0v) is 17.1. The van der Waals surface area contributed by atoms with Crippen molar-refractivity contribution in [3.63, 3.8) is 0 Å². The van der Waals surface area contributed by atoms with E-state index in [0.717, 1.165) is 5.56 Å². The lowest BCUT2D eigenvalue weighted by Gasteiger charge is -2.31. The highest BCUT2D eigenvalue weighted by molar-refractivity contribution is 7.90. The first-order chi connectivity index (χ1) is 14.0. The van der Waals surface area contributed by atoms with Crippen molar-refractivity contribution in [2.75, 3.05) is 25.1 Å². The molecular weight excluding hydrogens is 395 g/mol.